The van der Waals surface area contributed by atoms with Crippen LogP contribution < -0.4 is 0 Å². The maximum atomic E-state index is 11.5. The van der Waals surface area contributed by atoms with Crippen LogP contribution in [0.25, 0.3) is 0 Å². The summed E-state index contributed by atoms with van der Waals surface area (Å²) in [6, 6.07) is 0. The second-order valence-electron chi connectivity index (χ2n) is 8.79. The van der Waals surface area contributed by atoms with Crippen molar-refractivity contribution in [2.45, 2.75) is 105 Å². The van der Waals surface area contributed by atoms with Gasteiger partial charge in [0.2, 0.25) is 0 Å². The quantitative estimate of drug-likeness (QED) is 0.334. The van der Waals surface area contributed by atoms with Gasteiger partial charge in [0.05, 0.1) is 0 Å². The predicted molar refractivity (Wildman–Crippen MR) is 120 cm³/mol. The van der Waals surface area contributed by atoms with E-state index in [0.717, 1.165) is 44.9 Å². The fourth-order valence-electron chi connectivity index (χ4n) is 3.67. The highest BCUT2D eigenvalue weighted by Gasteiger charge is 2.18. The van der Waals surface area contributed by atoms with Gasteiger partial charge in [-0.15, -0.1) is 0 Å². The van der Waals surface area contributed by atoms with Crippen LogP contribution in [0.3, 0.4) is 0 Å². The molecule has 1 saturated carbocycles. The summed E-state index contributed by atoms with van der Waals surface area (Å²) in [4.78, 5) is 11.5. The minimum atomic E-state index is 0.470. The molecule has 0 radical (unpaired) electrons. The van der Waals surface area contributed by atoms with Gasteiger partial charge in [0, 0.05) is 12.8 Å². The van der Waals surface area contributed by atoms with Crippen LogP contribution in [0.15, 0.2) is 46.6 Å². The predicted octanol–water partition coefficient (Wildman–Crippen LogP) is 8.28. The first-order valence-electron chi connectivity index (χ1n) is 11.0. The number of hydrogen-bond acceptors (Lipinski definition) is 1. The Labute approximate surface area is 168 Å². The Morgan fingerprint density at radius 1 is 0.815 bits per heavy atom. The normalized spacial score (nSPS) is 19.4. The van der Waals surface area contributed by atoms with E-state index in [0.29, 0.717) is 11.7 Å². The van der Waals surface area contributed by atoms with E-state index in [1.165, 1.54) is 48.0 Å². The zero-order chi connectivity index (χ0) is 20.1. The molecule has 0 N–H and O–H groups in total. The summed E-state index contributed by atoms with van der Waals surface area (Å²) >= 11 is 0. The highest BCUT2D eigenvalue weighted by molar-refractivity contribution is 5.79. The molecule has 1 fully saturated rings. The van der Waals surface area contributed by atoms with Crippen LogP contribution in [-0.4, -0.2) is 5.78 Å². The molecule has 1 unspecified atom stereocenters. The van der Waals surface area contributed by atoms with Crippen LogP contribution in [0, 0.1) is 5.92 Å². The molecule has 0 heterocycles. The third-order valence-corrected chi connectivity index (χ3v) is 5.54. The maximum absolute atomic E-state index is 11.5. The number of Topliss-reactive ketones (excluding diaryl/α,β-unsaturated/α-hetero) is 1. The average Bonchev–Trinajstić information content (AvgIpc) is 2.60. The Hall–Kier alpha value is -1.37. The number of carbonyl (C=O) groups excluding carboxylic acids is 1. The number of hydrogen-bond donors (Lipinski definition) is 0. The van der Waals surface area contributed by atoms with Crippen molar-refractivity contribution in [2.24, 2.45) is 5.92 Å². The monoisotopic (exact) mass is 370 g/mol. The maximum Gasteiger partial charge on any atom is 0.133 e. The first kappa shape index (κ1) is 23.7. The highest BCUT2D eigenvalue weighted by atomic mass is 16.1. The Bertz CT molecular complexity index is 567. The van der Waals surface area contributed by atoms with E-state index in [2.05, 4.69) is 58.9 Å². The lowest BCUT2D eigenvalue weighted by Crippen LogP contribution is -2.14. The molecule has 1 heteroatoms. The van der Waals surface area contributed by atoms with Gasteiger partial charge >= 0.3 is 0 Å². The van der Waals surface area contributed by atoms with Crippen molar-refractivity contribution in [3.63, 3.8) is 0 Å². The van der Waals surface area contributed by atoms with Crippen LogP contribution in [0.5, 0.6) is 0 Å². The van der Waals surface area contributed by atoms with E-state index in [-0.39, 0.29) is 0 Å². The van der Waals surface area contributed by atoms with Gasteiger partial charge in [-0.1, -0.05) is 46.6 Å². The molecule has 1 aliphatic carbocycles. The van der Waals surface area contributed by atoms with Gasteiger partial charge in [-0.2, -0.15) is 0 Å². The van der Waals surface area contributed by atoms with E-state index in [4.69, 9.17) is 0 Å². The van der Waals surface area contributed by atoms with Gasteiger partial charge in [-0.3, -0.25) is 4.79 Å². The van der Waals surface area contributed by atoms with Gasteiger partial charge in [0.15, 0.2) is 0 Å². The lowest BCUT2D eigenvalue weighted by atomic mass is 9.85. The molecular weight excluding hydrogens is 328 g/mol. The fraction of sp³-hybridized carbons (Fsp3) is 0.654. The van der Waals surface area contributed by atoms with Gasteiger partial charge < -0.3 is 0 Å². The first-order chi connectivity index (χ1) is 12.9. The van der Waals surface area contributed by atoms with Crippen molar-refractivity contribution in [1.82, 2.24) is 0 Å². The number of rotatable bonds is 11. The minimum Gasteiger partial charge on any atom is -0.300 e. The Balaban J connectivity index is 2.22. The summed E-state index contributed by atoms with van der Waals surface area (Å²) in [7, 11) is 0. The van der Waals surface area contributed by atoms with E-state index < -0.39 is 0 Å². The zero-order valence-electron chi connectivity index (χ0n) is 18.6. The summed E-state index contributed by atoms with van der Waals surface area (Å²) in [5.74, 6) is 1.07. The molecule has 0 aromatic heterocycles. The number of carbonyl (C=O) groups is 1. The van der Waals surface area contributed by atoms with Crippen LogP contribution in [-0.2, 0) is 4.79 Å². The lowest BCUT2D eigenvalue weighted by Gasteiger charge is -2.19. The molecule has 1 nitrogen and oxygen atoms in total. The molecule has 0 spiro atoms. The second kappa shape index (κ2) is 13.7. The summed E-state index contributed by atoms with van der Waals surface area (Å²) in [6.45, 7) is 11.1. The van der Waals surface area contributed by atoms with Gasteiger partial charge in [0.1, 0.15) is 5.78 Å². The lowest BCUT2D eigenvalue weighted by molar-refractivity contribution is -0.121. The summed E-state index contributed by atoms with van der Waals surface area (Å²) in [6.07, 6.45) is 21.5. The number of allylic oxidation sites excluding steroid dienone is 8. The molecule has 152 valence electrons. The molecular formula is C26H42O. The third-order valence-electron chi connectivity index (χ3n) is 5.54. The molecule has 0 aliphatic heterocycles. The van der Waals surface area contributed by atoms with Crippen LogP contribution in [0.4, 0.5) is 0 Å². The smallest absolute Gasteiger partial charge is 0.133 e. The van der Waals surface area contributed by atoms with Gasteiger partial charge in [-0.05, 0) is 98.3 Å². The van der Waals surface area contributed by atoms with E-state index in [9.17, 15) is 4.79 Å². The van der Waals surface area contributed by atoms with Gasteiger partial charge in [0.25, 0.3) is 0 Å². The SMILES string of the molecule is CC(C)=CCC/C(C)=C/CCC(C)=CCC/C(C)=C/CC1CCCC(=O)C1. The fourth-order valence-corrected chi connectivity index (χ4v) is 3.67. The first-order valence-corrected chi connectivity index (χ1v) is 11.0. The van der Waals surface area contributed by atoms with Crippen LogP contribution in [0.2, 0.25) is 0 Å². The van der Waals surface area contributed by atoms with Crippen molar-refractivity contribution in [1.29, 1.82) is 0 Å². The van der Waals surface area contributed by atoms with E-state index in [1.54, 1.807) is 0 Å². The Morgan fingerprint density at radius 2 is 1.33 bits per heavy atom. The van der Waals surface area contributed by atoms with Crippen molar-refractivity contribution in [3.8, 4) is 0 Å². The highest BCUT2D eigenvalue weighted by Crippen LogP contribution is 2.25. The molecule has 0 bridgehead atoms. The summed E-state index contributed by atoms with van der Waals surface area (Å²) in [5.41, 5.74) is 5.92. The molecule has 1 atom stereocenters. The van der Waals surface area contributed by atoms with E-state index >= 15 is 0 Å². The second-order valence-corrected chi connectivity index (χ2v) is 8.79. The molecule has 1 rings (SSSR count). The molecule has 0 amide bonds. The van der Waals surface area contributed by atoms with Crippen LogP contribution in [0.1, 0.15) is 105 Å². The Morgan fingerprint density at radius 3 is 1.85 bits per heavy atom. The topological polar surface area (TPSA) is 17.1 Å². The molecule has 1 aliphatic rings. The Kier molecular flexibility index (Phi) is 12.1. The molecule has 0 aromatic carbocycles. The molecule has 0 saturated heterocycles. The summed E-state index contributed by atoms with van der Waals surface area (Å²) < 4.78 is 0. The van der Waals surface area contributed by atoms with Crippen molar-refractivity contribution >= 4 is 5.78 Å². The van der Waals surface area contributed by atoms with Crippen molar-refractivity contribution in [2.75, 3.05) is 0 Å². The van der Waals surface area contributed by atoms with E-state index in [1.807, 2.05) is 0 Å². The van der Waals surface area contributed by atoms with Crippen LogP contribution >= 0.6 is 0 Å². The standard InChI is InChI=1S/C26H42O/c1-21(2)10-6-11-22(3)12-7-13-23(4)14-8-15-24(5)18-19-25-16-9-17-26(27)20-25/h10,12,14,18,25H,6-9,11,13,15-17,19-20H2,1-5H3/b22-12+,23-14?,24-18+. The molecule has 0 aromatic rings. The van der Waals surface area contributed by atoms with Gasteiger partial charge in [-0.25, -0.2) is 0 Å². The average molecular weight is 371 g/mol. The van der Waals surface area contributed by atoms with Crippen molar-refractivity contribution < 1.29 is 4.79 Å². The number of ketones is 1. The third kappa shape index (κ3) is 12.6. The van der Waals surface area contributed by atoms with Crippen molar-refractivity contribution in [3.05, 3.63) is 46.6 Å². The zero-order valence-corrected chi connectivity index (χ0v) is 18.6. The largest absolute Gasteiger partial charge is 0.300 e. The minimum absolute atomic E-state index is 0.470. The summed E-state index contributed by atoms with van der Waals surface area (Å²) in [5, 5.41) is 0. The molecule has 27 heavy (non-hydrogen) atoms.